The Morgan fingerprint density at radius 1 is 1.13 bits per heavy atom. The van der Waals surface area contributed by atoms with Crippen molar-refractivity contribution in [2.24, 2.45) is 4.99 Å². The lowest BCUT2D eigenvalue weighted by Crippen LogP contribution is -2.29. The smallest absolute Gasteiger partial charge is 0.274 e. The number of carbonyl (C=O) groups is 1. The average Bonchev–Trinajstić information content (AvgIpc) is 3.45. The van der Waals surface area contributed by atoms with Crippen LogP contribution in [0.3, 0.4) is 0 Å². The van der Waals surface area contributed by atoms with Gasteiger partial charge in [-0.15, -0.1) is 0 Å². The van der Waals surface area contributed by atoms with Gasteiger partial charge in [0.15, 0.2) is 5.17 Å². The zero-order valence-electron chi connectivity index (χ0n) is 16.4. The molecule has 0 aliphatic carbocycles. The van der Waals surface area contributed by atoms with Gasteiger partial charge in [0.25, 0.3) is 5.91 Å². The summed E-state index contributed by atoms with van der Waals surface area (Å²) in [6, 6.07) is 16.1. The van der Waals surface area contributed by atoms with Crippen LogP contribution in [0, 0.1) is 6.92 Å². The van der Waals surface area contributed by atoms with Crippen molar-refractivity contribution < 1.29 is 4.79 Å². The highest BCUT2D eigenvalue weighted by Crippen LogP contribution is 2.51. The molecule has 0 bridgehead atoms. The first-order valence-corrected chi connectivity index (χ1v) is 11.1. The number of hydrogen-bond acceptors (Lipinski definition) is 7. The fraction of sp³-hybridized carbons (Fsp3) is 0.143. The van der Waals surface area contributed by atoms with Crippen molar-refractivity contribution in [2.45, 2.75) is 18.7 Å². The normalized spacial score (nSPS) is 19.8. The highest BCUT2D eigenvalue weighted by atomic mass is 32.2. The van der Waals surface area contributed by atoms with Gasteiger partial charge in [-0.25, -0.2) is 5.10 Å². The number of nitrogens with zero attached hydrogens (tertiary/aromatic N) is 5. The van der Waals surface area contributed by atoms with Gasteiger partial charge >= 0.3 is 0 Å². The van der Waals surface area contributed by atoms with E-state index < -0.39 is 0 Å². The second-order valence-corrected chi connectivity index (χ2v) is 8.74. The number of aliphatic imine (C=N–C) groups is 1. The second-order valence-electron chi connectivity index (χ2n) is 6.73. The molecule has 1 amide bonds. The van der Waals surface area contributed by atoms with Crippen molar-refractivity contribution in [2.75, 3.05) is 16.3 Å². The number of amides is 1. The first-order valence-electron chi connectivity index (χ1n) is 9.47. The summed E-state index contributed by atoms with van der Waals surface area (Å²) in [6.07, 6.45) is 1.40. The monoisotopic (exact) mass is 434 g/mol. The summed E-state index contributed by atoms with van der Waals surface area (Å²) >= 11 is 3.00. The summed E-state index contributed by atoms with van der Waals surface area (Å²) in [7, 11) is 0. The van der Waals surface area contributed by atoms with Crippen molar-refractivity contribution in [3.63, 3.8) is 0 Å². The number of amidine groups is 1. The van der Waals surface area contributed by atoms with Crippen LogP contribution in [0.1, 0.15) is 12.5 Å². The molecule has 0 unspecified atom stereocenters. The minimum absolute atomic E-state index is 0.0855. The molecule has 2 aromatic carbocycles. The standard InChI is InChI=1S/C21H18N6OS2/c1-3-26-15-9-4-5-10-16(15)29-19(26)17-18(28)27(14-8-6-7-13(2)11-14)21(30-17)24-20-22-12-23-25-20/h4-12H,3H2,1-2H3,(H,22,23,25)/b19-17-,24-21?. The molecule has 2 aliphatic rings. The fourth-order valence-corrected chi connectivity index (χ4v) is 5.81. The molecule has 0 radical (unpaired) electrons. The van der Waals surface area contributed by atoms with E-state index in [1.807, 2.05) is 43.3 Å². The minimum atomic E-state index is -0.0855. The molecule has 7 nitrogen and oxygen atoms in total. The largest absolute Gasteiger partial charge is 0.334 e. The van der Waals surface area contributed by atoms with Crippen molar-refractivity contribution in [1.82, 2.24) is 15.2 Å². The Morgan fingerprint density at radius 2 is 2.00 bits per heavy atom. The summed E-state index contributed by atoms with van der Waals surface area (Å²) in [6.45, 7) is 4.87. The minimum Gasteiger partial charge on any atom is -0.334 e. The quantitative estimate of drug-likeness (QED) is 0.603. The Hall–Kier alpha value is -3.04. The number of anilines is 2. The number of aryl methyl sites for hydroxylation is 1. The maximum absolute atomic E-state index is 13.6. The lowest BCUT2D eigenvalue weighted by molar-refractivity contribution is -0.113. The molecule has 1 fully saturated rings. The van der Waals surface area contributed by atoms with Gasteiger partial charge in [0.05, 0.1) is 11.4 Å². The highest BCUT2D eigenvalue weighted by Gasteiger charge is 2.40. The van der Waals surface area contributed by atoms with E-state index in [2.05, 4.69) is 44.1 Å². The molecule has 30 heavy (non-hydrogen) atoms. The van der Waals surface area contributed by atoms with Crippen LogP contribution in [-0.4, -0.2) is 32.8 Å². The van der Waals surface area contributed by atoms with Crippen LogP contribution >= 0.6 is 23.5 Å². The number of carbonyl (C=O) groups excluding carboxylic acids is 1. The van der Waals surface area contributed by atoms with E-state index in [1.165, 1.54) is 18.1 Å². The summed E-state index contributed by atoms with van der Waals surface area (Å²) in [5.74, 6) is 0.279. The molecule has 1 N–H and O–H groups in total. The summed E-state index contributed by atoms with van der Waals surface area (Å²) in [4.78, 5) is 28.0. The number of hydrogen-bond donors (Lipinski definition) is 1. The maximum atomic E-state index is 13.6. The van der Waals surface area contributed by atoms with Crippen LogP contribution in [0.15, 0.2) is 74.7 Å². The van der Waals surface area contributed by atoms with Crippen LogP contribution in [0.25, 0.3) is 0 Å². The van der Waals surface area contributed by atoms with Gasteiger partial charge in [-0.05, 0) is 55.4 Å². The third-order valence-corrected chi connectivity index (χ3v) is 7.10. The van der Waals surface area contributed by atoms with Gasteiger partial charge in [0.2, 0.25) is 5.95 Å². The lowest BCUT2D eigenvalue weighted by atomic mass is 10.2. The maximum Gasteiger partial charge on any atom is 0.274 e. The molecule has 1 saturated heterocycles. The Labute approximate surface area is 182 Å². The van der Waals surface area contributed by atoms with E-state index in [-0.39, 0.29) is 5.91 Å². The second kappa shape index (κ2) is 7.66. The van der Waals surface area contributed by atoms with Crippen LogP contribution < -0.4 is 9.80 Å². The molecule has 2 aliphatic heterocycles. The number of aromatic amines is 1. The van der Waals surface area contributed by atoms with Crippen LogP contribution in [0.2, 0.25) is 0 Å². The number of benzene rings is 2. The first-order chi connectivity index (χ1) is 14.7. The third kappa shape index (κ3) is 3.20. The van der Waals surface area contributed by atoms with E-state index in [9.17, 15) is 4.79 Å². The first kappa shape index (κ1) is 19.0. The highest BCUT2D eigenvalue weighted by molar-refractivity contribution is 8.20. The molecule has 3 heterocycles. The van der Waals surface area contributed by atoms with E-state index >= 15 is 0 Å². The Bertz CT molecular complexity index is 1190. The van der Waals surface area contributed by atoms with Gasteiger partial charge in [-0.1, -0.05) is 36.0 Å². The molecule has 150 valence electrons. The number of aromatic nitrogens is 3. The number of rotatable bonds is 3. The predicted octanol–water partition coefficient (Wildman–Crippen LogP) is 4.68. The Balaban J connectivity index is 1.63. The summed E-state index contributed by atoms with van der Waals surface area (Å²) in [5, 5.41) is 8.11. The van der Waals surface area contributed by atoms with Crippen LogP contribution in [-0.2, 0) is 4.79 Å². The van der Waals surface area contributed by atoms with Crippen LogP contribution in [0.4, 0.5) is 17.3 Å². The molecule has 9 heteroatoms. The number of H-pyrrole nitrogens is 1. The zero-order chi connectivity index (χ0) is 20.7. The number of thioether (sulfide) groups is 2. The van der Waals surface area contributed by atoms with E-state index in [1.54, 1.807) is 16.7 Å². The summed E-state index contributed by atoms with van der Waals surface area (Å²) in [5.41, 5.74) is 2.98. The molecular formula is C21H18N6OS2. The van der Waals surface area contributed by atoms with E-state index in [4.69, 9.17) is 0 Å². The Morgan fingerprint density at radius 3 is 2.77 bits per heavy atom. The number of para-hydroxylation sites is 1. The van der Waals surface area contributed by atoms with E-state index in [0.29, 0.717) is 16.0 Å². The van der Waals surface area contributed by atoms with Crippen LogP contribution in [0.5, 0.6) is 0 Å². The average molecular weight is 435 g/mol. The fourth-order valence-electron chi connectivity index (χ4n) is 3.43. The van der Waals surface area contributed by atoms with Crippen molar-refractivity contribution in [1.29, 1.82) is 0 Å². The number of fused-ring (bicyclic) bond motifs is 1. The van der Waals surface area contributed by atoms with Crippen molar-refractivity contribution >= 4 is 51.9 Å². The molecule has 3 aromatic rings. The Kier molecular flexibility index (Phi) is 4.84. The van der Waals surface area contributed by atoms with Gasteiger partial charge in [0.1, 0.15) is 16.3 Å². The molecule has 0 saturated carbocycles. The topological polar surface area (TPSA) is 77.5 Å². The van der Waals surface area contributed by atoms with Gasteiger partial charge in [-0.2, -0.15) is 15.1 Å². The summed E-state index contributed by atoms with van der Waals surface area (Å²) < 4.78 is 0. The molecule has 0 spiro atoms. The van der Waals surface area contributed by atoms with Gasteiger partial charge in [-0.3, -0.25) is 9.69 Å². The molecular weight excluding hydrogens is 416 g/mol. The number of nitrogens with one attached hydrogen (secondary N) is 1. The van der Waals surface area contributed by atoms with Gasteiger partial charge < -0.3 is 4.90 Å². The van der Waals surface area contributed by atoms with Crippen molar-refractivity contribution in [3.8, 4) is 0 Å². The SMILES string of the molecule is CCN1/C(=C2/SC(=Nc3ncn[nH]3)N(c3cccc(C)c3)C2=O)Sc2ccccc21. The lowest BCUT2D eigenvalue weighted by Gasteiger charge is -2.19. The van der Waals surface area contributed by atoms with E-state index in [0.717, 1.165) is 33.4 Å². The third-order valence-electron chi connectivity index (χ3n) is 4.76. The zero-order valence-corrected chi connectivity index (χ0v) is 18.0. The molecule has 1 aromatic heterocycles. The van der Waals surface area contributed by atoms with Crippen molar-refractivity contribution in [3.05, 3.63) is 70.4 Å². The molecule has 5 rings (SSSR count). The predicted molar refractivity (Wildman–Crippen MR) is 122 cm³/mol. The molecule has 0 atom stereocenters. The van der Waals surface area contributed by atoms with Gasteiger partial charge in [0, 0.05) is 11.4 Å².